The summed E-state index contributed by atoms with van der Waals surface area (Å²) in [5.41, 5.74) is 2.59. The normalized spacial score (nSPS) is 11.3. The predicted molar refractivity (Wildman–Crippen MR) is 132 cm³/mol. The van der Waals surface area contributed by atoms with Crippen molar-refractivity contribution >= 4 is 33.4 Å². The lowest BCUT2D eigenvalue weighted by atomic mass is 10.2. The van der Waals surface area contributed by atoms with E-state index in [0.717, 1.165) is 58.6 Å². The molecular formula is C25H26F2N2O3S2. The number of aryl methyl sites for hydroxylation is 1. The molecule has 0 bridgehead atoms. The molecule has 0 aliphatic carbocycles. The molecule has 0 atom stereocenters. The first-order chi connectivity index (χ1) is 16.3. The fraction of sp³-hybridized carbons (Fsp3) is 0.240. The minimum Gasteiger partial charge on any atom is -0.354 e. The average molecular weight is 505 g/mol. The molecule has 34 heavy (non-hydrogen) atoms. The van der Waals surface area contributed by atoms with Crippen LogP contribution in [-0.2, 0) is 20.6 Å². The number of nitrogens with one attached hydrogen (secondary N) is 1. The van der Waals surface area contributed by atoms with Gasteiger partial charge in [-0.2, -0.15) is 11.8 Å². The Morgan fingerprint density at radius 3 is 2.26 bits per heavy atom. The Balaban J connectivity index is 1.58. The Bertz CT molecular complexity index is 1200. The quantitative estimate of drug-likeness (QED) is 0.377. The van der Waals surface area contributed by atoms with Gasteiger partial charge in [-0.05, 0) is 73.2 Å². The standard InChI is InChI=1S/C25H26F2N2O3S2/c1-19-4-2-5-20(16-19)18-33-15-3-14-28-25(30)17-29(23-10-6-21(26)7-11-23)34(31,32)24-12-8-22(27)9-13-24/h2,4-13,16H,3,14-15,17-18H2,1H3,(H,28,30). The first-order valence-electron chi connectivity index (χ1n) is 10.7. The third-order valence-corrected chi connectivity index (χ3v) is 7.85. The third kappa shape index (κ3) is 7.30. The number of sulfonamides is 1. The van der Waals surface area contributed by atoms with Crippen LogP contribution in [0.1, 0.15) is 17.5 Å². The maximum atomic E-state index is 13.4. The van der Waals surface area contributed by atoms with Crippen molar-refractivity contribution in [1.82, 2.24) is 5.32 Å². The molecule has 5 nitrogen and oxygen atoms in total. The van der Waals surface area contributed by atoms with Gasteiger partial charge in [-0.25, -0.2) is 17.2 Å². The van der Waals surface area contributed by atoms with Crippen molar-refractivity contribution in [2.75, 3.05) is 23.1 Å². The summed E-state index contributed by atoms with van der Waals surface area (Å²) < 4.78 is 53.9. The summed E-state index contributed by atoms with van der Waals surface area (Å²) >= 11 is 1.76. The molecule has 1 amide bonds. The molecule has 9 heteroatoms. The topological polar surface area (TPSA) is 66.5 Å². The summed E-state index contributed by atoms with van der Waals surface area (Å²) in [7, 11) is -4.17. The van der Waals surface area contributed by atoms with E-state index < -0.39 is 34.1 Å². The van der Waals surface area contributed by atoms with Crippen LogP contribution in [0.2, 0.25) is 0 Å². The summed E-state index contributed by atoms with van der Waals surface area (Å²) in [6, 6.07) is 17.4. The van der Waals surface area contributed by atoms with Gasteiger partial charge in [-0.1, -0.05) is 29.8 Å². The van der Waals surface area contributed by atoms with Gasteiger partial charge in [0.1, 0.15) is 18.2 Å². The SMILES string of the molecule is Cc1cccc(CSCCCNC(=O)CN(c2ccc(F)cc2)S(=O)(=O)c2ccc(F)cc2)c1. The van der Waals surface area contributed by atoms with Gasteiger partial charge >= 0.3 is 0 Å². The van der Waals surface area contributed by atoms with Crippen molar-refractivity contribution in [2.45, 2.75) is 24.0 Å². The molecular weight excluding hydrogens is 478 g/mol. The highest BCUT2D eigenvalue weighted by Crippen LogP contribution is 2.24. The minimum absolute atomic E-state index is 0.134. The molecule has 180 valence electrons. The van der Waals surface area contributed by atoms with E-state index in [0.29, 0.717) is 6.54 Å². The molecule has 0 radical (unpaired) electrons. The molecule has 0 heterocycles. The Morgan fingerprint density at radius 2 is 1.62 bits per heavy atom. The molecule has 3 rings (SSSR count). The Morgan fingerprint density at radius 1 is 0.971 bits per heavy atom. The maximum Gasteiger partial charge on any atom is 0.264 e. The van der Waals surface area contributed by atoms with Crippen LogP contribution >= 0.6 is 11.8 Å². The van der Waals surface area contributed by atoms with E-state index >= 15 is 0 Å². The van der Waals surface area contributed by atoms with Crippen LogP contribution in [0.3, 0.4) is 0 Å². The number of halogens is 2. The number of benzene rings is 3. The maximum absolute atomic E-state index is 13.4. The van der Waals surface area contributed by atoms with Crippen LogP contribution < -0.4 is 9.62 Å². The molecule has 0 fully saturated rings. The van der Waals surface area contributed by atoms with Gasteiger partial charge in [0.05, 0.1) is 10.6 Å². The molecule has 0 aliphatic rings. The lowest BCUT2D eigenvalue weighted by Gasteiger charge is -2.24. The first kappa shape index (κ1) is 25.7. The van der Waals surface area contributed by atoms with E-state index in [1.165, 1.54) is 23.3 Å². The van der Waals surface area contributed by atoms with Gasteiger partial charge in [0.2, 0.25) is 5.91 Å². The lowest BCUT2D eigenvalue weighted by Crippen LogP contribution is -2.41. The number of carbonyl (C=O) groups excluding carboxylic acids is 1. The van der Waals surface area contributed by atoms with E-state index in [9.17, 15) is 22.0 Å². The zero-order valence-corrected chi connectivity index (χ0v) is 20.3. The van der Waals surface area contributed by atoms with Gasteiger partial charge in [0.25, 0.3) is 10.0 Å². The highest BCUT2D eigenvalue weighted by Gasteiger charge is 2.27. The van der Waals surface area contributed by atoms with Crippen LogP contribution in [-0.4, -0.2) is 33.2 Å². The number of amides is 1. The van der Waals surface area contributed by atoms with Crippen LogP contribution in [0.15, 0.2) is 77.7 Å². The zero-order valence-electron chi connectivity index (χ0n) is 18.7. The van der Waals surface area contributed by atoms with E-state index in [1.807, 2.05) is 6.07 Å². The van der Waals surface area contributed by atoms with Crippen molar-refractivity contribution in [3.05, 3.63) is 95.6 Å². The summed E-state index contributed by atoms with van der Waals surface area (Å²) in [4.78, 5) is 12.4. The van der Waals surface area contributed by atoms with Crippen molar-refractivity contribution in [3.8, 4) is 0 Å². The highest BCUT2D eigenvalue weighted by atomic mass is 32.2. The number of hydrogen-bond donors (Lipinski definition) is 1. The smallest absolute Gasteiger partial charge is 0.264 e. The van der Waals surface area contributed by atoms with Crippen molar-refractivity contribution in [1.29, 1.82) is 0 Å². The van der Waals surface area contributed by atoms with E-state index in [1.54, 1.807) is 11.8 Å². The van der Waals surface area contributed by atoms with Crippen LogP contribution in [0.5, 0.6) is 0 Å². The molecule has 0 aliphatic heterocycles. The number of rotatable bonds is 11. The van der Waals surface area contributed by atoms with Crippen LogP contribution in [0, 0.1) is 18.6 Å². The van der Waals surface area contributed by atoms with Crippen LogP contribution in [0.25, 0.3) is 0 Å². The largest absolute Gasteiger partial charge is 0.354 e. The molecule has 0 saturated carbocycles. The molecule has 0 spiro atoms. The number of carbonyl (C=O) groups is 1. The summed E-state index contributed by atoms with van der Waals surface area (Å²) in [5.74, 6) is 0.118. The third-order valence-electron chi connectivity index (χ3n) is 4.94. The second kappa shape index (κ2) is 12.0. The van der Waals surface area contributed by atoms with E-state index in [4.69, 9.17) is 0 Å². The second-order valence-corrected chi connectivity index (χ2v) is 10.7. The molecule has 3 aromatic rings. The molecule has 0 aromatic heterocycles. The summed E-state index contributed by atoms with van der Waals surface area (Å²) in [6.07, 6.45) is 0.726. The molecule has 0 saturated heterocycles. The second-order valence-electron chi connectivity index (χ2n) is 7.69. The van der Waals surface area contributed by atoms with Crippen molar-refractivity contribution < 1.29 is 22.0 Å². The monoisotopic (exact) mass is 504 g/mol. The van der Waals surface area contributed by atoms with Gasteiger partial charge in [-0.3, -0.25) is 9.10 Å². The van der Waals surface area contributed by atoms with Crippen molar-refractivity contribution in [3.63, 3.8) is 0 Å². The van der Waals surface area contributed by atoms with E-state index in [-0.39, 0.29) is 10.6 Å². The zero-order chi connectivity index (χ0) is 24.6. The van der Waals surface area contributed by atoms with Gasteiger partial charge in [-0.15, -0.1) is 0 Å². The highest BCUT2D eigenvalue weighted by molar-refractivity contribution is 7.98. The molecule has 0 unspecified atom stereocenters. The van der Waals surface area contributed by atoms with Crippen LogP contribution in [0.4, 0.5) is 14.5 Å². The number of thioether (sulfide) groups is 1. The van der Waals surface area contributed by atoms with Crippen molar-refractivity contribution in [2.24, 2.45) is 0 Å². The summed E-state index contributed by atoms with van der Waals surface area (Å²) in [5, 5.41) is 2.74. The number of hydrogen-bond acceptors (Lipinski definition) is 4. The van der Waals surface area contributed by atoms with Gasteiger partial charge < -0.3 is 5.32 Å². The summed E-state index contributed by atoms with van der Waals surface area (Å²) in [6.45, 7) is 1.96. The van der Waals surface area contributed by atoms with E-state index in [2.05, 4.69) is 30.4 Å². The lowest BCUT2D eigenvalue weighted by molar-refractivity contribution is -0.119. The molecule has 3 aromatic carbocycles. The first-order valence-corrected chi connectivity index (χ1v) is 13.3. The number of anilines is 1. The average Bonchev–Trinajstić information content (AvgIpc) is 2.81. The fourth-order valence-electron chi connectivity index (χ4n) is 3.24. The predicted octanol–water partition coefficient (Wildman–Crippen LogP) is 4.91. The Hall–Kier alpha value is -2.91. The number of nitrogens with zero attached hydrogens (tertiary/aromatic N) is 1. The van der Waals surface area contributed by atoms with Gasteiger partial charge in [0, 0.05) is 12.3 Å². The molecule has 1 N–H and O–H groups in total. The Kier molecular flexibility index (Phi) is 9.06. The van der Waals surface area contributed by atoms with Gasteiger partial charge in [0.15, 0.2) is 0 Å². The minimum atomic E-state index is -4.17. The Labute approximate surface area is 203 Å². The fourth-order valence-corrected chi connectivity index (χ4v) is 5.57.